The van der Waals surface area contributed by atoms with Gasteiger partial charge in [-0.15, -0.1) is 17.8 Å². The van der Waals surface area contributed by atoms with Crippen molar-refractivity contribution in [1.82, 2.24) is 14.6 Å². The van der Waals surface area contributed by atoms with E-state index in [2.05, 4.69) is 16.2 Å². The number of sulfonamides is 1. The number of primary amides is 1. The summed E-state index contributed by atoms with van der Waals surface area (Å²) in [5.74, 6) is 1.07. The number of nitrogens with one attached hydrogen (secondary N) is 2. The second-order valence-corrected chi connectivity index (χ2v) is 11.3. The van der Waals surface area contributed by atoms with Crippen molar-refractivity contribution in [3.63, 3.8) is 0 Å². The fourth-order valence-electron chi connectivity index (χ4n) is 4.29. The molecule has 2 aromatic heterocycles. The highest BCUT2D eigenvalue weighted by Crippen LogP contribution is 2.29. The third kappa shape index (κ3) is 5.41. The third-order valence-corrected chi connectivity index (χ3v) is 9.31. The summed E-state index contributed by atoms with van der Waals surface area (Å²) in [6.45, 7) is 0.137. The van der Waals surface area contributed by atoms with E-state index in [1.165, 1.54) is 10.4 Å². The fourth-order valence-corrected chi connectivity index (χ4v) is 7.02. The number of aromatic nitrogens is 1. The maximum absolute atomic E-state index is 13.4. The number of carbonyl (C=O) groups is 2. The van der Waals surface area contributed by atoms with Crippen molar-refractivity contribution in [3.8, 4) is 12.3 Å². The van der Waals surface area contributed by atoms with Crippen LogP contribution in [0.1, 0.15) is 18.4 Å². The first kappa shape index (κ1) is 24.9. The number of thiophene rings is 1. The number of benzene rings is 1. The molecule has 4 N–H and O–H groups in total. The lowest BCUT2D eigenvalue weighted by Gasteiger charge is -2.37. The highest BCUT2D eigenvalue weighted by atomic mass is 32.2. The summed E-state index contributed by atoms with van der Waals surface area (Å²) in [5, 5.41) is 5.26. The molecule has 0 aliphatic carbocycles. The van der Waals surface area contributed by atoms with Crippen LogP contribution in [-0.4, -0.2) is 60.9 Å². The first-order valence-corrected chi connectivity index (χ1v) is 13.4. The van der Waals surface area contributed by atoms with Gasteiger partial charge in [0, 0.05) is 30.1 Å². The number of nitrogens with two attached hydrogens (primary N) is 1. The Morgan fingerprint density at radius 1 is 1.31 bits per heavy atom. The zero-order valence-electron chi connectivity index (χ0n) is 18.8. The normalized spacial score (nSPS) is 19.7. The van der Waals surface area contributed by atoms with Crippen molar-refractivity contribution in [2.75, 3.05) is 13.2 Å². The van der Waals surface area contributed by atoms with Crippen LogP contribution in [-0.2, 0) is 30.8 Å². The van der Waals surface area contributed by atoms with E-state index in [0.717, 1.165) is 27.8 Å². The summed E-state index contributed by atoms with van der Waals surface area (Å²) in [6.07, 6.45) is 7.33. The second kappa shape index (κ2) is 10.6. The zero-order chi connectivity index (χ0) is 25.0. The Balaban J connectivity index is 1.57. The molecule has 4 rings (SSSR count). The quantitative estimate of drug-likeness (QED) is 0.373. The van der Waals surface area contributed by atoms with Gasteiger partial charge in [0.1, 0.15) is 22.9 Å². The summed E-state index contributed by atoms with van der Waals surface area (Å²) in [4.78, 5) is 28.8. The number of nitrogens with zero attached hydrogens (tertiary/aromatic N) is 1. The Kier molecular flexibility index (Phi) is 7.57. The predicted molar refractivity (Wildman–Crippen MR) is 133 cm³/mol. The molecule has 11 heteroatoms. The van der Waals surface area contributed by atoms with Crippen LogP contribution in [0.3, 0.4) is 0 Å². The molecule has 0 radical (unpaired) electrons. The minimum Gasteiger partial charge on any atom is -0.368 e. The van der Waals surface area contributed by atoms with Gasteiger partial charge >= 0.3 is 0 Å². The Morgan fingerprint density at radius 2 is 2.11 bits per heavy atom. The number of piperidine rings is 1. The minimum atomic E-state index is -3.92. The number of rotatable bonds is 9. The van der Waals surface area contributed by atoms with E-state index < -0.39 is 40.0 Å². The van der Waals surface area contributed by atoms with Gasteiger partial charge in [-0.25, -0.2) is 8.42 Å². The van der Waals surface area contributed by atoms with E-state index in [9.17, 15) is 18.0 Å². The van der Waals surface area contributed by atoms with Gasteiger partial charge in [0.15, 0.2) is 0 Å². The van der Waals surface area contributed by atoms with Crippen molar-refractivity contribution in [1.29, 1.82) is 0 Å². The van der Waals surface area contributed by atoms with E-state index in [1.807, 2.05) is 24.3 Å². The van der Waals surface area contributed by atoms with Gasteiger partial charge in [-0.2, -0.15) is 4.31 Å². The maximum Gasteiger partial charge on any atom is 0.253 e. The molecule has 3 aromatic rings. The lowest BCUT2D eigenvalue weighted by atomic mass is 9.99. The first-order chi connectivity index (χ1) is 16.8. The van der Waals surface area contributed by atoms with Crippen LogP contribution >= 0.6 is 11.3 Å². The number of hydrogen-bond acceptors (Lipinski definition) is 6. The van der Waals surface area contributed by atoms with Gasteiger partial charge in [0.25, 0.3) is 10.0 Å². The predicted octanol–water partition coefficient (Wildman–Crippen LogP) is 1.61. The van der Waals surface area contributed by atoms with Crippen molar-refractivity contribution in [2.24, 2.45) is 5.73 Å². The lowest BCUT2D eigenvalue weighted by Crippen LogP contribution is -2.58. The molecule has 35 heavy (non-hydrogen) atoms. The van der Waals surface area contributed by atoms with E-state index in [4.69, 9.17) is 16.9 Å². The molecule has 2 amide bonds. The van der Waals surface area contributed by atoms with Gasteiger partial charge in [0.2, 0.25) is 11.8 Å². The molecular weight excluding hydrogens is 488 g/mol. The first-order valence-electron chi connectivity index (χ1n) is 11.1. The topological polar surface area (TPSA) is 135 Å². The zero-order valence-corrected chi connectivity index (χ0v) is 20.5. The monoisotopic (exact) mass is 514 g/mol. The molecule has 1 saturated heterocycles. The number of aromatic amines is 1. The van der Waals surface area contributed by atoms with Crippen LogP contribution in [0.5, 0.6) is 0 Å². The standard InChI is InChI=1S/C24H26N4O5S2/c1-2-11-33-17-9-10-28(35(31,32)22-8-5-12-34-22)21(14-17)24(30)27-20(23(25)29)13-16-15-26-19-7-4-3-6-18(16)19/h1,3-8,12,15,17,20-21,26H,9-11,13-14H2,(H2,25,29)(H,27,30). The number of hydrogen-bond donors (Lipinski definition) is 3. The molecule has 1 aromatic carbocycles. The minimum absolute atomic E-state index is 0.0567. The number of amides is 2. The molecule has 3 unspecified atom stereocenters. The smallest absolute Gasteiger partial charge is 0.253 e. The molecule has 9 nitrogen and oxygen atoms in total. The maximum atomic E-state index is 13.4. The number of para-hydroxylation sites is 1. The summed E-state index contributed by atoms with van der Waals surface area (Å²) in [7, 11) is -3.92. The Bertz CT molecular complexity index is 1340. The average molecular weight is 515 g/mol. The third-order valence-electron chi connectivity index (χ3n) is 6.03. The summed E-state index contributed by atoms with van der Waals surface area (Å²) in [5.41, 5.74) is 7.33. The molecule has 0 saturated carbocycles. The van der Waals surface area contributed by atoms with Gasteiger partial charge in [-0.3, -0.25) is 9.59 Å². The number of carbonyl (C=O) groups excluding carboxylic acids is 2. The van der Waals surface area contributed by atoms with E-state index in [-0.39, 0.29) is 30.2 Å². The van der Waals surface area contributed by atoms with Gasteiger partial charge < -0.3 is 20.8 Å². The van der Waals surface area contributed by atoms with Crippen LogP contribution in [0, 0.1) is 12.3 Å². The number of terminal acetylenes is 1. The Labute approximate surface area is 207 Å². The highest BCUT2D eigenvalue weighted by molar-refractivity contribution is 7.91. The van der Waals surface area contributed by atoms with Crippen molar-refractivity contribution in [2.45, 2.75) is 41.7 Å². The molecular formula is C24H26N4O5S2. The Hall–Kier alpha value is -3.17. The number of fused-ring (bicyclic) bond motifs is 1. The average Bonchev–Trinajstić information content (AvgIpc) is 3.53. The summed E-state index contributed by atoms with van der Waals surface area (Å²) < 4.78 is 33.5. The largest absolute Gasteiger partial charge is 0.368 e. The Morgan fingerprint density at radius 3 is 2.83 bits per heavy atom. The van der Waals surface area contributed by atoms with E-state index in [1.54, 1.807) is 17.6 Å². The SMILES string of the molecule is C#CCOC1CCN(S(=O)(=O)c2cccs2)C(C(=O)NC(Cc2c[nH]c3ccccc23)C(N)=O)C1. The van der Waals surface area contributed by atoms with E-state index in [0.29, 0.717) is 6.42 Å². The number of H-pyrrole nitrogens is 1. The van der Waals surface area contributed by atoms with Crippen LogP contribution in [0.15, 0.2) is 52.2 Å². The van der Waals surface area contributed by atoms with Gasteiger partial charge in [0.05, 0.1) is 6.10 Å². The van der Waals surface area contributed by atoms with Crippen molar-refractivity contribution < 1.29 is 22.7 Å². The number of ether oxygens (including phenoxy) is 1. The molecule has 1 aliphatic heterocycles. The fraction of sp³-hybridized carbons (Fsp3) is 0.333. The lowest BCUT2D eigenvalue weighted by molar-refractivity contribution is -0.131. The molecule has 0 bridgehead atoms. The van der Waals surface area contributed by atoms with E-state index >= 15 is 0 Å². The van der Waals surface area contributed by atoms with Gasteiger partial charge in [-0.1, -0.05) is 30.2 Å². The van der Waals surface area contributed by atoms with Crippen LogP contribution in [0.4, 0.5) is 0 Å². The van der Waals surface area contributed by atoms with Crippen LogP contribution in [0.2, 0.25) is 0 Å². The molecule has 3 heterocycles. The van der Waals surface area contributed by atoms with Crippen LogP contribution in [0.25, 0.3) is 10.9 Å². The van der Waals surface area contributed by atoms with Gasteiger partial charge in [-0.05, 0) is 35.9 Å². The van der Waals surface area contributed by atoms with Crippen molar-refractivity contribution in [3.05, 3.63) is 53.5 Å². The molecule has 1 fully saturated rings. The molecule has 3 atom stereocenters. The summed E-state index contributed by atoms with van der Waals surface area (Å²) in [6, 6.07) is 8.61. The molecule has 184 valence electrons. The van der Waals surface area contributed by atoms with Crippen LogP contribution < -0.4 is 11.1 Å². The molecule has 0 spiro atoms. The highest BCUT2D eigenvalue weighted by Gasteiger charge is 2.42. The van der Waals surface area contributed by atoms with Crippen molar-refractivity contribution >= 4 is 44.1 Å². The second-order valence-electron chi connectivity index (χ2n) is 8.25. The summed E-state index contributed by atoms with van der Waals surface area (Å²) >= 11 is 1.08. The molecule has 1 aliphatic rings.